The molecule has 17 heavy (non-hydrogen) atoms. The largest absolute Gasteiger partial charge is 0.341 e. The molecular formula is C11H14N2O4. The maximum absolute atomic E-state index is 8.74. The first-order valence-corrected chi connectivity index (χ1v) is 5.54. The van der Waals surface area contributed by atoms with Crippen LogP contribution in [-0.4, -0.2) is 39.0 Å². The Morgan fingerprint density at radius 3 is 1.71 bits per heavy atom. The van der Waals surface area contributed by atoms with Gasteiger partial charge in [0, 0.05) is 5.41 Å². The van der Waals surface area contributed by atoms with Gasteiger partial charge < -0.3 is 18.9 Å². The lowest BCUT2D eigenvalue weighted by Gasteiger charge is -2.28. The van der Waals surface area contributed by atoms with Gasteiger partial charge >= 0.3 is 0 Å². The Morgan fingerprint density at radius 2 is 1.29 bits per heavy atom. The number of hydrogen-bond acceptors (Lipinski definition) is 6. The molecule has 2 aliphatic heterocycles. The van der Waals surface area contributed by atoms with Gasteiger partial charge in [0.25, 0.3) is 0 Å². The zero-order valence-electron chi connectivity index (χ0n) is 9.42. The first kappa shape index (κ1) is 12.3. The summed E-state index contributed by atoms with van der Waals surface area (Å²) in [6, 6.07) is 3.87. The molecule has 0 aromatic heterocycles. The van der Waals surface area contributed by atoms with Crippen molar-refractivity contribution < 1.29 is 18.9 Å². The normalized spacial score (nSPS) is 38.7. The molecule has 1 spiro atoms. The number of ether oxygens (including phenoxy) is 4. The molecular weight excluding hydrogens is 224 g/mol. The third-order valence-corrected chi connectivity index (χ3v) is 3.10. The molecule has 0 aromatic carbocycles. The first-order chi connectivity index (χ1) is 8.28. The Balaban J connectivity index is 1.99. The molecule has 2 unspecified atom stereocenters. The van der Waals surface area contributed by atoms with Gasteiger partial charge in [-0.25, -0.2) is 0 Å². The molecule has 0 saturated carbocycles. The Kier molecular flexibility index (Phi) is 3.93. The average Bonchev–Trinajstić information content (AvgIpc) is 2.68. The zero-order chi connectivity index (χ0) is 12.1. The monoisotopic (exact) mass is 238 g/mol. The van der Waals surface area contributed by atoms with E-state index in [9.17, 15) is 0 Å². The number of rotatable bonds is 0. The van der Waals surface area contributed by atoms with Crippen LogP contribution in [0, 0.1) is 28.1 Å². The van der Waals surface area contributed by atoms with Crippen molar-refractivity contribution in [1.29, 1.82) is 10.5 Å². The minimum absolute atomic E-state index is 0.211. The minimum atomic E-state index is -0.801. The molecule has 6 heteroatoms. The quantitative estimate of drug-likeness (QED) is 0.612. The molecule has 0 bridgehead atoms. The third-order valence-electron chi connectivity index (χ3n) is 3.10. The van der Waals surface area contributed by atoms with Gasteiger partial charge in [-0.3, -0.25) is 0 Å². The summed E-state index contributed by atoms with van der Waals surface area (Å²) in [4.78, 5) is 0. The Hall–Kier alpha value is -1.18. The highest BCUT2D eigenvalue weighted by atomic mass is 16.7. The predicted molar refractivity (Wildman–Crippen MR) is 54.3 cm³/mol. The van der Waals surface area contributed by atoms with Gasteiger partial charge in [-0.15, -0.1) is 0 Å². The maximum atomic E-state index is 8.74. The molecule has 2 heterocycles. The summed E-state index contributed by atoms with van der Waals surface area (Å²) in [7, 11) is 0. The maximum Gasteiger partial charge on any atom is 0.248 e. The van der Waals surface area contributed by atoms with Crippen molar-refractivity contribution in [2.24, 2.45) is 5.41 Å². The summed E-state index contributed by atoms with van der Waals surface area (Å²) >= 11 is 0. The fraction of sp³-hybridized carbons (Fsp3) is 0.818. The molecule has 2 atom stereocenters. The topological polar surface area (TPSA) is 84.5 Å². The highest BCUT2D eigenvalue weighted by molar-refractivity contribution is 4.88. The second-order valence-corrected chi connectivity index (χ2v) is 4.29. The molecule has 6 nitrogen and oxygen atoms in total. The van der Waals surface area contributed by atoms with Crippen molar-refractivity contribution in [2.45, 2.75) is 25.4 Å². The second-order valence-electron chi connectivity index (χ2n) is 4.29. The highest BCUT2D eigenvalue weighted by Crippen LogP contribution is 2.33. The fourth-order valence-electron chi connectivity index (χ4n) is 1.97. The van der Waals surface area contributed by atoms with E-state index in [4.69, 9.17) is 29.5 Å². The molecule has 2 fully saturated rings. The smallest absolute Gasteiger partial charge is 0.248 e. The van der Waals surface area contributed by atoms with E-state index < -0.39 is 12.6 Å². The molecule has 92 valence electrons. The van der Waals surface area contributed by atoms with Crippen LogP contribution >= 0.6 is 0 Å². The lowest BCUT2D eigenvalue weighted by Crippen LogP contribution is -2.32. The number of nitriles is 2. The second kappa shape index (κ2) is 5.44. The molecule has 2 saturated heterocycles. The van der Waals surface area contributed by atoms with Crippen molar-refractivity contribution in [3.05, 3.63) is 0 Å². The number of hydrogen-bond donors (Lipinski definition) is 0. The van der Waals surface area contributed by atoms with E-state index >= 15 is 0 Å². The van der Waals surface area contributed by atoms with Crippen molar-refractivity contribution >= 4 is 0 Å². The summed E-state index contributed by atoms with van der Waals surface area (Å²) in [5.41, 5.74) is -0.211. The van der Waals surface area contributed by atoms with Crippen LogP contribution in [0.3, 0.4) is 0 Å². The van der Waals surface area contributed by atoms with Gasteiger partial charge in [0.2, 0.25) is 12.6 Å². The van der Waals surface area contributed by atoms with Crippen molar-refractivity contribution in [3.63, 3.8) is 0 Å². The summed E-state index contributed by atoms with van der Waals surface area (Å²) in [5.74, 6) is 0. The fourth-order valence-corrected chi connectivity index (χ4v) is 1.97. The number of nitrogens with zero attached hydrogens (tertiary/aromatic N) is 2. The standard InChI is InChI=1S/C11H14N2O4/c12-5-9-14-3-1-11(7-16-9)2-4-15-10(6-13)17-8-11/h9-10H,1-4,7-8H2. The molecule has 0 aliphatic carbocycles. The summed E-state index contributed by atoms with van der Waals surface area (Å²) in [5, 5.41) is 17.5. The van der Waals surface area contributed by atoms with E-state index in [0.29, 0.717) is 26.4 Å². The van der Waals surface area contributed by atoms with E-state index in [1.54, 1.807) is 0 Å². The first-order valence-electron chi connectivity index (χ1n) is 5.54. The summed E-state index contributed by atoms with van der Waals surface area (Å²) < 4.78 is 21.2. The van der Waals surface area contributed by atoms with Gasteiger partial charge in [-0.2, -0.15) is 10.5 Å². The SMILES string of the molecule is N#CC1OCCC2(CCOC(C#N)OC2)CO1. The minimum Gasteiger partial charge on any atom is -0.341 e. The Morgan fingerprint density at radius 1 is 0.824 bits per heavy atom. The molecule has 2 aliphatic rings. The van der Waals surface area contributed by atoms with Crippen molar-refractivity contribution in [2.75, 3.05) is 26.4 Å². The third kappa shape index (κ3) is 2.93. The zero-order valence-corrected chi connectivity index (χ0v) is 9.42. The van der Waals surface area contributed by atoms with Gasteiger partial charge in [0.15, 0.2) is 0 Å². The van der Waals surface area contributed by atoms with E-state index in [1.807, 2.05) is 12.1 Å². The van der Waals surface area contributed by atoms with Crippen LogP contribution in [0.5, 0.6) is 0 Å². The average molecular weight is 238 g/mol. The van der Waals surface area contributed by atoms with Gasteiger partial charge in [0.05, 0.1) is 26.4 Å². The van der Waals surface area contributed by atoms with E-state index in [0.717, 1.165) is 12.8 Å². The van der Waals surface area contributed by atoms with Crippen molar-refractivity contribution in [3.8, 4) is 12.1 Å². The van der Waals surface area contributed by atoms with Gasteiger partial charge in [-0.05, 0) is 12.8 Å². The molecule has 0 aromatic rings. The van der Waals surface area contributed by atoms with Crippen LogP contribution < -0.4 is 0 Å². The van der Waals surface area contributed by atoms with Gasteiger partial charge in [0.1, 0.15) is 12.1 Å². The molecule has 0 amide bonds. The van der Waals surface area contributed by atoms with Crippen LogP contribution in [0.4, 0.5) is 0 Å². The molecule has 2 rings (SSSR count). The Bertz CT molecular complexity index is 312. The lowest BCUT2D eigenvalue weighted by atomic mass is 9.83. The van der Waals surface area contributed by atoms with Crippen LogP contribution in [0.15, 0.2) is 0 Å². The Labute approximate surface area is 99.6 Å². The molecule has 0 N–H and O–H groups in total. The highest BCUT2D eigenvalue weighted by Gasteiger charge is 2.37. The van der Waals surface area contributed by atoms with Crippen LogP contribution in [0.25, 0.3) is 0 Å². The lowest BCUT2D eigenvalue weighted by molar-refractivity contribution is -0.113. The van der Waals surface area contributed by atoms with E-state index in [1.165, 1.54) is 0 Å². The molecule has 0 radical (unpaired) electrons. The van der Waals surface area contributed by atoms with Crippen LogP contribution in [-0.2, 0) is 18.9 Å². The summed E-state index contributed by atoms with van der Waals surface area (Å²) in [6.07, 6.45) is -0.116. The predicted octanol–water partition coefficient (Wildman–Crippen LogP) is 0.546. The van der Waals surface area contributed by atoms with E-state index in [2.05, 4.69) is 0 Å². The van der Waals surface area contributed by atoms with Crippen molar-refractivity contribution in [1.82, 2.24) is 0 Å². The van der Waals surface area contributed by atoms with Crippen LogP contribution in [0.1, 0.15) is 12.8 Å². The van der Waals surface area contributed by atoms with Gasteiger partial charge in [-0.1, -0.05) is 0 Å². The summed E-state index contributed by atoms with van der Waals surface area (Å²) in [6.45, 7) is 1.71. The van der Waals surface area contributed by atoms with Crippen LogP contribution in [0.2, 0.25) is 0 Å². The van der Waals surface area contributed by atoms with E-state index in [-0.39, 0.29) is 5.41 Å².